The summed E-state index contributed by atoms with van der Waals surface area (Å²) in [5.41, 5.74) is 7.25. The maximum atomic E-state index is 12.2. The molecule has 0 saturated heterocycles. The van der Waals surface area contributed by atoms with Gasteiger partial charge in [-0.05, 0) is 36.2 Å². The number of nitrogens with one attached hydrogen (secondary N) is 1. The van der Waals surface area contributed by atoms with Gasteiger partial charge in [-0.2, -0.15) is 0 Å². The predicted octanol–water partition coefficient (Wildman–Crippen LogP) is 2.32. The lowest BCUT2D eigenvalue weighted by Crippen LogP contribution is -2.12. The molecule has 0 fully saturated rings. The molecule has 0 radical (unpaired) electrons. The maximum Gasteiger partial charge on any atom is 0.269 e. The minimum atomic E-state index is -0.271. The van der Waals surface area contributed by atoms with E-state index in [-0.39, 0.29) is 12.5 Å². The molecule has 21 heavy (non-hydrogen) atoms. The van der Waals surface area contributed by atoms with Crippen LogP contribution in [0.1, 0.15) is 27.9 Å². The van der Waals surface area contributed by atoms with E-state index in [9.17, 15) is 4.79 Å². The van der Waals surface area contributed by atoms with Gasteiger partial charge < -0.3 is 11.1 Å². The van der Waals surface area contributed by atoms with Gasteiger partial charge >= 0.3 is 0 Å². The van der Waals surface area contributed by atoms with Crippen molar-refractivity contribution < 1.29 is 4.79 Å². The fraction of sp³-hybridized carbons (Fsp3) is 0.214. The summed E-state index contributed by atoms with van der Waals surface area (Å²) in [6.07, 6.45) is 0.648. The Balaban J connectivity index is 2.24. The van der Waals surface area contributed by atoms with Gasteiger partial charge in [0.2, 0.25) is 0 Å². The van der Waals surface area contributed by atoms with Crippen molar-refractivity contribution in [3.05, 3.63) is 39.4 Å². The van der Waals surface area contributed by atoms with Crippen molar-refractivity contribution in [2.75, 3.05) is 11.9 Å². The zero-order chi connectivity index (χ0) is 15.2. The van der Waals surface area contributed by atoms with Crippen LogP contribution in [0.4, 0.5) is 5.69 Å². The van der Waals surface area contributed by atoms with Crippen molar-refractivity contribution in [3.63, 3.8) is 0 Å². The number of nitrogens with two attached hydrogens (primary N) is 1. The number of benzene rings is 1. The Morgan fingerprint density at radius 1 is 1.52 bits per heavy atom. The van der Waals surface area contributed by atoms with Crippen LogP contribution in [0, 0.1) is 11.8 Å². The fourth-order valence-electron chi connectivity index (χ4n) is 1.64. The van der Waals surface area contributed by atoms with Gasteiger partial charge in [-0.1, -0.05) is 34.9 Å². The summed E-state index contributed by atoms with van der Waals surface area (Å²) in [6, 6.07) is 5.17. The highest BCUT2D eigenvalue weighted by Gasteiger charge is 2.16. The first-order valence-electron chi connectivity index (χ1n) is 6.26. The van der Waals surface area contributed by atoms with Gasteiger partial charge in [-0.25, -0.2) is 0 Å². The Morgan fingerprint density at radius 3 is 3.05 bits per heavy atom. The van der Waals surface area contributed by atoms with Crippen LogP contribution in [-0.2, 0) is 6.42 Å². The summed E-state index contributed by atoms with van der Waals surface area (Å²) in [5, 5.41) is 7.12. The molecule has 3 N–H and O–H groups in total. The quantitative estimate of drug-likeness (QED) is 0.850. The van der Waals surface area contributed by atoms with Crippen LogP contribution in [0.2, 0.25) is 5.02 Å². The molecule has 2 rings (SSSR count). The largest absolute Gasteiger partial charge is 0.320 e. The molecule has 2 aromatic rings. The van der Waals surface area contributed by atoms with Gasteiger partial charge in [0.1, 0.15) is 4.88 Å². The van der Waals surface area contributed by atoms with Gasteiger partial charge in [0, 0.05) is 5.56 Å². The molecule has 1 amide bonds. The molecular formula is C14H13ClN4OS. The Morgan fingerprint density at radius 2 is 2.33 bits per heavy atom. The Hall–Kier alpha value is -1.94. The normalized spacial score (nSPS) is 9.86. The zero-order valence-corrected chi connectivity index (χ0v) is 12.9. The first kappa shape index (κ1) is 15.4. The number of halogens is 1. The number of amides is 1. The van der Waals surface area contributed by atoms with Crippen LogP contribution in [0.5, 0.6) is 0 Å². The number of carbonyl (C=O) groups excluding carboxylic acids is 1. The predicted molar refractivity (Wildman–Crippen MR) is 84.6 cm³/mol. The lowest BCUT2D eigenvalue weighted by atomic mass is 10.2. The van der Waals surface area contributed by atoms with Gasteiger partial charge in [0.05, 0.1) is 22.9 Å². The van der Waals surface area contributed by atoms with Crippen molar-refractivity contribution in [2.45, 2.75) is 13.3 Å². The Bertz CT molecular complexity index is 717. The number of hydrogen-bond acceptors (Lipinski definition) is 5. The van der Waals surface area contributed by atoms with Crippen LogP contribution in [0.3, 0.4) is 0 Å². The van der Waals surface area contributed by atoms with Crippen molar-refractivity contribution in [2.24, 2.45) is 5.73 Å². The SMILES string of the molecule is CCc1nnsc1C(=O)Nc1cc(C#CCN)ccc1Cl. The van der Waals surface area contributed by atoms with E-state index in [0.29, 0.717) is 27.7 Å². The number of carbonyl (C=O) groups is 1. The van der Waals surface area contributed by atoms with E-state index in [1.165, 1.54) is 0 Å². The number of aryl methyl sites for hydroxylation is 1. The van der Waals surface area contributed by atoms with Crippen molar-refractivity contribution >= 4 is 34.7 Å². The van der Waals surface area contributed by atoms with E-state index < -0.39 is 0 Å². The minimum absolute atomic E-state index is 0.271. The maximum absolute atomic E-state index is 12.2. The number of hydrogen-bond donors (Lipinski definition) is 2. The molecule has 0 unspecified atom stereocenters. The van der Waals surface area contributed by atoms with Gasteiger partial charge in [-0.3, -0.25) is 4.79 Å². The average Bonchev–Trinajstić information content (AvgIpc) is 2.96. The highest BCUT2D eigenvalue weighted by Crippen LogP contribution is 2.24. The van der Waals surface area contributed by atoms with Crippen LogP contribution in [0.15, 0.2) is 18.2 Å². The van der Waals surface area contributed by atoms with E-state index in [0.717, 1.165) is 17.1 Å². The molecule has 0 saturated carbocycles. The topological polar surface area (TPSA) is 80.9 Å². The molecule has 0 aliphatic heterocycles. The zero-order valence-electron chi connectivity index (χ0n) is 11.3. The van der Waals surface area contributed by atoms with E-state index in [2.05, 4.69) is 26.7 Å². The van der Waals surface area contributed by atoms with Crippen molar-refractivity contribution in [1.82, 2.24) is 9.59 Å². The molecule has 1 aromatic heterocycles. The van der Waals surface area contributed by atoms with E-state index in [4.69, 9.17) is 17.3 Å². The molecule has 7 heteroatoms. The van der Waals surface area contributed by atoms with Crippen molar-refractivity contribution in [3.8, 4) is 11.8 Å². The van der Waals surface area contributed by atoms with Gasteiger partial charge in [-0.15, -0.1) is 5.10 Å². The standard InChI is InChI=1S/C14H13ClN4OS/c1-2-11-13(21-19-18-11)14(20)17-12-8-9(4-3-7-16)5-6-10(12)15/h5-6,8H,2,7,16H2,1H3,(H,17,20). The molecule has 0 atom stereocenters. The third-order valence-corrected chi connectivity index (χ3v) is 3.74. The fourth-order valence-corrected chi connectivity index (χ4v) is 2.45. The lowest BCUT2D eigenvalue weighted by Gasteiger charge is -2.07. The van der Waals surface area contributed by atoms with Crippen LogP contribution < -0.4 is 11.1 Å². The smallest absolute Gasteiger partial charge is 0.269 e. The summed E-state index contributed by atoms with van der Waals surface area (Å²) >= 11 is 7.16. The van der Waals surface area contributed by atoms with Crippen LogP contribution in [0.25, 0.3) is 0 Å². The van der Waals surface area contributed by atoms with Crippen molar-refractivity contribution in [1.29, 1.82) is 0 Å². The molecule has 1 heterocycles. The number of rotatable bonds is 3. The van der Waals surface area contributed by atoms with E-state index in [1.807, 2.05) is 6.92 Å². The molecule has 0 aliphatic carbocycles. The summed E-state index contributed by atoms with van der Waals surface area (Å²) in [7, 11) is 0. The molecule has 5 nitrogen and oxygen atoms in total. The molecule has 1 aromatic carbocycles. The minimum Gasteiger partial charge on any atom is -0.320 e. The summed E-state index contributed by atoms with van der Waals surface area (Å²) in [5.74, 6) is 5.38. The second-order valence-electron chi connectivity index (χ2n) is 4.06. The van der Waals surface area contributed by atoms with E-state index in [1.54, 1.807) is 18.2 Å². The highest BCUT2D eigenvalue weighted by molar-refractivity contribution is 7.08. The molecular weight excluding hydrogens is 308 g/mol. The first-order chi connectivity index (χ1) is 10.2. The second kappa shape index (κ2) is 7.18. The van der Waals surface area contributed by atoms with Crippen LogP contribution in [-0.4, -0.2) is 22.0 Å². The molecule has 0 aliphatic rings. The summed E-state index contributed by atoms with van der Waals surface area (Å²) in [6.45, 7) is 2.19. The van der Waals surface area contributed by atoms with Gasteiger partial charge in [0.25, 0.3) is 5.91 Å². The van der Waals surface area contributed by atoms with Gasteiger partial charge in [0.15, 0.2) is 0 Å². The first-order valence-corrected chi connectivity index (χ1v) is 7.42. The monoisotopic (exact) mass is 320 g/mol. The molecule has 108 valence electrons. The summed E-state index contributed by atoms with van der Waals surface area (Å²) in [4.78, 5) is 12.7. The summed E-state index contributed by atoms with van der Waals surface area (Å²) < 4.78 is 3.80. The number of nitrogens with zero attached hydrogens (tertiary/aromatic N) is 2. The highest BCUT2D eigenvalue weighted by atomic mass is 35.5. The third kappa shape index (κ3) is 3.79. The number of anilines is 1. The Kier molecular flexibility index (Phi) is 5.28. The lowest BCUT2D eigenvalue weighted by molar-refractivity contribution is 0.102. The Labute approximate surface area is 131 Å². The number of aromatic nitrogens is 2. The van der Waals surface area contributed by atoms with Crippen LogP contribution >= 0.6 is 23.1 Å². The van der Waals surface area contributed by atoms with E-state index >= 15 is 0 Å². The average molecular weight is 321 g/mol. The third-order valence-electron chi connectivity index (χ3n) is 2.65. The second-order valence-corrected chi connectivity index (χ2v) is 5.22. The molecule has 0 bridgehead atoms. The molecule has 0 spiro atoms.